The van der Waals surface area contributed by atoms with Gasteiger partial charge in [-0.3, -0.25) is 0 Å². The Morgan fingerprint density at radius 2 is 0.861 bits per heavy atom. The smallest absolute Gasteiger partial charge is 0.0560 e. The van der Waals surface area contributed by atoms with Gasteiger partial charge in [-0.25, -0.2) is 0 Å². The summed E-state index contributed by atoms with van der Waals surface area (Å²) in [5, 5.41) is 0. The maximum absolute atomic E-state index is 2.52. The van der Waals surface area contributed by atoms with Crippen LogP contribution in [0.2, 0.25) is 0 Å². The summed E-state index contributed by atoms with van der Waals surface area (Å²) in [6.45, 7) is 0. The van der Waals surface area contributed by atoms with Crippen molar-refractivity contribution in [1.82, 2.24) is 0 Å². The van der Waals surface area contributed by atoms with Crippen molar-refractivity contribution in [3.05, 3.63) is 178 Å². The van der Waals surface area contributed by atoms with Crippen LogP contribution in [0.25, 0.3) is 0 Å². The molecule has 36 heavy (non-hydrogen) atoms. The first-order valence-corrected chi connectivity index (χ1v) is 13.2. The van der Waals surface area contributed by atoms with Gasteiger partial charge in [0.1, 0.15) is 0 Å². The zero-order chi connectivity index (χ0) is 24.2. The van der Waals surface area contributed by atoms with E-state index in [0.717, 1.165) is 0 Å². The average Bonchev–Trinajstić information content (AvgIpc) is 2.97. The van der Waals surface area contributed by atoms with Crippen LogP contribution in [0.5, 0.6) is 0 Å². The molecule has 0 saturated heterocycles. The van der Waals surface area contributed by atoms with Crippen LogP contribution < -0.4 is 0 Å². The van der Waals surface area contributed by atoms with E-state index < -0.39 is 5.41 Å². The Labute approximate surface area is 215 Å². The quantitative estimate of drug-likeness (QED) is 0.220. The van der Waals surface area contributed by atoms with Gasteiger partial charge in [-0.1, -0.05) is 140 Å². The SMILES string of the molecule is c1ccc(C(c2ccc3c(c2)CCCC3)C(c2ccccc2)(c2ccccc2)c2ccccc2)cc1. The fourth-order valence-electron chi connectivity index (χ4n) is 6.37. The van der Waals surface area contributed by atoms with Crippen LogP contribution in [0, 0.1) is 0 Å². The van der Waals surface area contributed by atoms with Crippen molar-refractivity contribution in [1.29, 1.82) is 0 Å². The molecule has 0 saturated carbocycles. The fraction of sp³-hybridized carbons (Fsp3) is 0.167. The minimum Gasteiger partial charge on any atom is -0.0622 e. The Bertz CT molecular complexity index is 1310. The minimum atomic E-state index is -0.395. The van der Waals surface area contributed by atoms with Crippen LogP contribution in [-0.2, 0) is 18.3 Å². The lowest BCUT2D eigenvalue weighted by molar-refractivity contribution is 0.536. The first kappa shape index (κ1) is 22.6. The lowest BCUT2D eigenvalue weighted by atomic mass is 9.58. The average molecular weight is 465 g/mol. The molecule has 1 unspecified atom stereocenters. The number of rotatable bonds is 6. The molecule has 0 amide bonds. The van der Waals surface area contributed by atoms with E-state index in [-0.39, 0.29) is 5.92 Å². The number of fused-ring (bicyclic) bond motifs is 1. The van der Waals surface area contributed by atoms with E-state index >= 15 is 0 Å². The van der Waals surface area contributed by atoms with Gasteiger partial charge < -0.3 is 0 Å². The highest BCUT2D eigenvalue weighted by molar-refractivity contribution is 5.58. The normalized spacial score (nSPS) is 14.1. The van der Waals surface area contributed by atoms with Crippen LogP contribution >= 0.6 is 0 Å². The van der Waals surface area contributed by atoms with Crippen LogP contribution in [0.15, 0.2) is 140 Å². The number of hydrogen-bond donors (Lipinski definition) is 0. The monoisotopic (exact) mass is 464 g/mol. The van der Waals surface area contributed by atoms with E-state index in [0.29, 0.717) is 0 Å². The Kier molecular flexibility index (Phi) is 6.26. The molecule has 1 aliphatic rings. The molecule has 0 bridgehead atoms. The van der Waals surface area contributed by atoms with Gasteiger partial charge in [-0.05, 0) is 64.6 Å². The van der Waals surface area contributed by atoms with Crippen molar-refractivity contribution >= 4 is 0 Å². The van der Waals surface area contributed by atoms with Gasteiger partial charge in [0, 0.05) is 5.92 Å². The van der Waals surface area contributed by atoms with Crippen LogP contribution in [0.4, 0.5) is 0 Å². The second kappa shape index (κ2) is 9.99. The number of hydrogen-bond acceptors (Lipinski definition) is 0. The summed E-state index contributed by atoms with van der Waals surface area (Å²) in [5.41, 5.74) is 9.33. The molecule has 1 aliphatic carbocycles. The van der Waals surface area contributed by atoms with Gasteiger partial charge in [0.15, 0.2) is 0 Å². The summed E-state index contributed by atoms with van der Waals surface area (Å²) >= 11 is 0. The largest absolute Gasteiger partial charge is 0.0622 e. The van der Waals surface area contributed by atoms with E-state index in [9.17, 15) is 0 Å². The van der Waals surface area contributed by atoms with Crippen LogP contribution in [-0.4, -0.2) is 0 Å². The van der Waals surface area contributed by atoms with Crippen LogP contribution in [0.1, 0.15) is 57.7 Å². The maximum Gasteiger partial charge on any atom is 0.0560 e. The van der Waals surface area contributed by atoms with Crippen molar-refractivity contribution in [2.24, 2.45) is 0 Å². The lowest BCUT2D eigenvalue weighted by Crippen LogP contribution is -2.37. The summed E-state index contributed by atoms with van der Waals surface area (Å²) in [7, 11) is 0. The molecule has 0 spiro atoms. The molecule has 0 nitrogen and oxygen atoms in total. The third-order valence-electron chi connectivity index (χ3n) is 7.96. The molecular weight excluding hydrogens is 432 g/mol. The minimum absolute atomic E-state index is 0.109. The molecule has 5 aromatic carbocycles. The van der Waals surface area contributed by atoms with Crippen molar-refractivity contribution < 1.29 is 0 Å². The molecule has 0 aliphatic heterocycles. The second-order valence-corrected chi connectivity index (χ2v) is 9.99. The maximum atomic E-state index is 2.52. The third-order valence-corrected chi connectivity index (χ3v) is 7.96. The summed E-state index contributed by atoms with van der Waals surface area (Å²) in [6.07, 6.45) is 4.97. The highest BCUT2D eigenvalue weighted by Crippen LogP contribution is 2.52. The molecular formula is C36H32. The van der Waals surface area contributed by atoms with Gasteiger partial charge in [0.25, 0.3) is 0 Å². The van der Waals surface area contributed by atoms with E-state index in [1.54, 1.807) is 0 Å². The highest BCUT2D eigenvalue weighted by atomic mass is 14.5. The van der Waals surface area contributed by atoms with Gasteiger partial charge in [0.05, 0.1) is 5.41 Å². The molecule has 5 aromatic rings. The number of benzene rings is 5. The Morgan fingerprint density at radius 1 is 0.417 bits per heavy atom. The third kappa shape index (κ3) is 3.97. The predicted octanol–water partition coefficient (Wildman–Crippen LogP) is 8.73. The zero-order valence-corrected chi connectivity index (χ0v) is 20.7. The number of aryl methyl sites for hydroxylation is 2. The first-order valence-electron chi connectivity index (χ1n) is 13.2. The van der Waals surface area contributed by atoms with E-state index in [1.807, 2.05) is 0 Å². The molecule has 0 aromatic heterocycles. The summed E-state index contributed by atoms with van der Waals surface area (Å²) < 4.78 is 0. The van der Waals surface area contributed by atoms with E-state index in [2.05, 4.69) is 140 Å². The topological polar surface area (TPSA) is 0 Å². The van der Waals surface area contributed by atoms with Crippen molar-refractivity contribution in [3.63, 3.8) is 0 Å². The standard InChI is InChI=1S/C36H32/c1-5-16-29(17-6-1)35(31-26-25-28-15-13-14-18-30(28)27-31)36(32-19-7-2-8-20-32,33-21-9-3-10-22-33)34-23-11-4-12-24-34/h1-12,16-17,19-27,35H,13-15,18H2. The summed E-state index contributed by atoms with van der Waals surface area (Å²) in [5.74, 6) is 0.109. The summed E-state index contributed by atoms with van der Waals surface area (Å²) in [4.78, 5) is 0. The molecule has 0 heterocycles. The zero-order valence-electron chi connectivity index (χ0n) is 20.7. The molecule has 0 heteroatoms. The highest BCUT2D eigenvalue weighted by Gasteiger charge is 2.45. The second-order valence-electron chi connectivity index (χ2n) is 9.99. The molecule has 0 radical (unpaired) electrons. The van der Waals surface area contributed by atoms with Gasteiger partial charge in [-0.2, -0.15) is 0 Å². The molecule has 6 rings (SSSR count). The van der Waals surface area contributed by atoms with E-state index in [1.165, 1.54) is 64.6 Å². The lowest BCUT2D eigenvalue weighted by Gasteiger charge is -2.44. The Balaban J connectivity index is 1.73. The van der Waals surface area contributed by atoms with Gasteiger partial charge >= 0.3 is 0 Å². The fourth-order valence-corrected chi connectivity index (χ4v) is 6.37. The van der Waals surface area contributed by atoms with E-state index in [4.69, 9.17) is 0 Å². The van der Waals surface area contributed by atoms with Gasteiger partial charge in [0.2, 0.25) is 0 Å². The summed E-state index contributed by atoms with van der Waals surface area (Å²) in [6, 6.07) is 51.8. The first-order chi connectivity index (χ1) is 17.9. The van der Waals surface area contributed by atoms with Crippen molar-refractivity contribution in [3.8, 4) is 0 Å². The predicted molar refractivity (Wildman–Crippen MR) is 151 cm³/mol. The molecule has 0 fully saturated rings. The Morgan fingerprint density at radius 3 is 1.36 bits per heavy atom. The molecule has 176 valence electrons. The van der Waals surface area contributed by atoms with Crippen molar-refractivity contribution in [2.75, 3.05) is 0 Å². The van der Waals surface area contributed by atoms with Crippen molar-refractivity contribution in [2.45, 2.75) is 37.0 Å². The van der Waals surface area contributed by atoms with Crippen LogP contribution in [0.3, 0.4) is 0 Å². The molecule has 0 N–H and O–H groups in total. The van der Waals surface area contributed by atoms with Gasteiger partial charge in [-0.15, -0.1) is 0 Å². The molecule has 1 atom stereocenters. The Hall–Kier alpha value is -3.90.